The summed E-state index contributed by atoms with van der Waals surface area (Å²) in [5.41, 5.74) is 2.88. The Morgan fingerprint density at radius 3 is 2.68 bits per heavy atom. The second-order valence-corrected chi connectivity index (χ2v) is 10.1. The zero-order valence-corrected chi connectivity index (χ0v) is 22.9. The number of anilines is 1. The minimum atomic E-state index is -4.63. The van der Waals surface area contributed by atoms with E-state index in [1.807, 2.05) is 43.2 Å². The van der Waals surface area contributed by atoms with Gasteiger partial charge < -0.3 is 15.0 Å². The summed E-state index contributed by atoms with van der Waals surface area (Å²) in [6.45, 7) is 3.92. The van der Waals surface area contributed by atoms with E-state index in [1.165, 1.54) is 0 Å². The molecule has 0 bridgehead atoms. The fourth-order valence-corrected chi connectivity index (χ4v) is 5.06. The molecule has 214 valence electrons. The quantitative estimate of drug-likeness (QED) is 0.301. The lowest BCUT2D eigenvalue weighted by Crippen LogP contribution is -2.49. The second-order valence-electron chi connectivity index (χ2n) is 10.1. The number of para-hydroxylation sites is 1. The first kappa shape index (κ1) is 28.1. The van der Waals surface area contributed by atoms with Crippen LogP contribution in [-0.4, -0.2) is 40.1 Å². The van der Waals surface area contributed by atoms with Gasteiger partial charge in [-0.05, 0) is 53.8 Å². The molecule has 2 amide bonds. The lowest BCUT2D eigenvalue weighted by atomic mass is 9.99. The number of alkyl halides is 3. The largest absolute Gasteiger partial charge is 0.496 e. The van der Waals surface area contributed by atoms with Gasteiger partial charge in [-0.1, -0.05) is 50.2 Å². The Hall–Kier alpha value is -4.41. The highest BCUT2D eigenvalue weighted by Crippen LogP contribution is 2.36. The molecule has 0 radical (unpaired) electrons. The molecule has 2 heterocycles. The van der Waals surface area contributed by atoms with E-state index < -0.39 is 18.0 Å². The normalized spacial score (nSPS) is 16.3. The van der Waals surface area contributed by atoms with Gasteiger partial charge in [0.15, 0.2) is 5.82 Å². The van der Waals surface area contributed by atoms with E-state index in [4.69, 9.17) is 4.74 Å². The number of hydrogen-bond donors (Lipinski definition) is 2. The monoisotopic (exact) mass is 565 g/mol. The van der Waals surface area contributed by atoms with E-state index in [9.17, 15) is 22.8 Å². The lowest BCUT2D eigenvalue weighted by Gasteiger charge is -2.28. The van der Waals surface area contributed by atoms with Crippen molar-refractivity contribution in [1.82, 2.24) is 20.5 Å². The number of nitrogens with one attached hydrogen (secondary N) is 2. The number of aromatic nitrogens is 3. The summed E-state index contributed by atoms with van der Waals surface area (Å²) < 4.78 is 44.8. The van der Waals surface area contributed by atoms with Gasteiger partial charge in [0.2, 0.25) is 17.6 Å². The van der Waals surface area contributed by atoms with E-state index in [1.54, 1.807) is 42.3 Å². The Labute approximate surface area is 234 Å². The number of methoxy groups -OCH3 is 1. The molecule has 0 aliphatic carbocycles. The summed E-state index contributed by atoms with van der Waals surface area (Å²) in [6, 6.07) is 15.6. The molecule has 0 fully saturated rings. The van der Waals surface area contributed by atoms with Crippen molar-refractivity contribution >= 4 is 28.3 Å². The number of hydrogen-bond acceptors (Lipinski definition) is 5. The predicted molar refractivity (Wildman–Crippen MR) is 148 cm³/mol. The number of halogens is 3. The second kappa shape index (κ2) is 11.2. The SMILES string of the molecule is CC[C@@H](C)C(=O)N[C@H]1CCc2ccccc2N(Cc2c(OC)ccc3cc(-c4n[nH]c(C(F)(F)F)n4)ccc23)C1=O. The smallest absolute Gasteiger partial charge is 0.451 e. The van der Waals surface area contributed by atoms with Crippen LogP contribution in [0, 0.1) is 5.92 Å². The van der Waals surface area contributed by atoms with E-state index >= 15 is 0 Å². The molecule has 2 N–H and O–H groups in total. The zero-order valence-electron chi connectivity index (χ0n) is 22.9. The number of amides is 2. The van der Waals surface area contributed by atoms with Crippen molar-refractivity contribution in [3.63, 3.8) is 0 Å². The molecule has 11 heteroatoms. The summed E-state index contributed by atoms with van der Waals surface area (Å²) in [7, 11) is 1.54. The average Bonchev–Trinajstić information content (AvgIpc) is 3.44. The van der Waals surface area contributed by atoms with Crippen LogP contribution in [0.1, 0.15) is 43.6 Å². The van der Waals surface area contributed by atoms with Gasteiger partial charge in [0.25, 0.3) is 0 Å². The summed E-state index contributed by atoms with van der Waals surface area (Å²) in [4.78, 5) is 32.0. The van der Waals surface area contributed by atoms with Crippen LogP contribution >= 0.6 is 0 Å². The molecular formula is C30H30F3N5O3. The van der Waals surface area contributed by atoms with Crippen molar-refractivity contribution < 1.29 is 27.5 Å². The Kier molecular flexibility index (Phi) is 7.70. The van der Waals surface area contributed by atoms with Crippen LogP contribution in [0.25, 0.3) is 22.2 Å². The Morgan fingerprint density at radius 1 is 1.20 bits per heavy atom. The number of rotatable bonds is 7. The van der Waals surface area contributed by atoms with E-state index in [2.05, 4.69) is 15.4 Å². The highest BCUT2D eigenvalue weighted by Gasteiger charge is 2.36. The van der Waals surface area contributed by atoms with Crippen molar-refractivity contribution in [2.75, 3.05) is 12.0 Å². The fraction of sp³-hybridized carbons (Fsp3) is 0.333. The highest BCUT2D eigenvalue weighted by molar-refractivity contribution is 6.01. The number of nitrogens with zero attached hydrogens (tertiary/aromatic N) is 3. The molecule has 0 spiro atoms. The van der Waals surface area contributed by atoms with Gasteiger partial charge in [-0.25, -0.2) is 4.98 Å². The molecule has 41 heavy (non-hydrogen) atoms. The number of benzene rings is 3. The van der Waals surface area contributed by atoms with E-state index in [0.29, 0.717) is 36.0 Å². The first-order chi connectivity index (χ1) is 19.6. The molecular weight excluding hydrogens is 535 g/mol. The van der Waals surface area contributed by atoms with Crippen molar-refractivity contribution in [3.8, 4) is 17.1 Å². The Balaban J connectivity index is 1.54. The molecule has 0 saturated carbocycles. The molecule has 0 saturated heterocycles. The maximum atomic E-state index is 14.0. The zero-order chi connectivity index (χ0) is 29.3. The van der Waals surface area contributed by atoms with Gasteiger partial charge in [0.05, 0.1) is 13.7 Å². The van der Waals surface area contributed by atoms with Crippen molar-refractivity contribution in [1.29, 1.82) is 0 Å². The Morgan fingerprint density at radius 2 is 1.98 bits per heavy atom. The first-order valence-corrected chi connectivity index (χ1v) is 13.4. The van der Waals surface area contributed by atoms with Crippen LogP contribution in [0.4, 0.5) is 18.9 Å². The van der Waals surface area contributed by atoms with Crippen LogP contribution in [0.3, 0.4) is 0 Å². The summed E-state index contributed by atoms with van der Waals surface area (Å²) in [5.74, 6) is -1.29. The number of carbonyl (C=O) groups is 2. The lowest BCUT2D eigenvalue weighted by molar-refractivity contribution is -0.144. The third-order valence-corrected chi connectivity index (χ3v) is 7.56. The average molecular weight is 566 g/mol. The topological polar surface area (TPSA) is 100 Å². The van der Waals surface area contributed by atoms with Gasteiger partial charge in [0.1, 0.15) is 11.8 Å². The maximum absolute atomic E-state index is 14.0. The molecule has 1 aliphatic heterocycles. The van der Waals surface area contributed by atoms with Crippen LogP contribution in [0.2, 0.25) is 0 Å². The number of carbonyl (C=O) groups excluding carboxylic acids is 2. The Bertz CT molecular complexity index is 1600. The molecule has 2 atom stereocenters. The highest BCUT2D eigenvalue weighted by atomic mass is 19.4. The van der Waals surface area contributed by atoms with Crippen LogP contribution in [0.15, 0.2) is 54.6 Å². The minimum Gasteiger partial charge on any atom is -0.496 e. The molecule has 1 aromatic heterocycles. The first-order valence-electron chi connectivity index (χ1n) is 13.4. The van der Waals surface area contributed by atoms with Gasteiger partial charge in [-0.15, -0.1) is 0 Å². The van der Waals surface area contributed by atoms with Crippen molar-refractivity contribution in [2.45, 2.75) is 51.9 Å². The van der Waals surface area contributed by atoms with Crippen molar-refractivity contribution in [3.05, 3.63) is 71.5 Å². The number of aryl methyl sites for hydroxylation is 1. The summed E-state index contributed by atoms with van der Waals surface area (Å²) in [5, 5.41) is 10.1. The van der Waals surface area contributed by atoms with E-state index in [0.717, 1.165) is 22.2 Å². The molecule has 1 aliphatic rings. The number of aromatic amines is 1. The minimum absolute atomic E-state index is 0.0758. The number of fused-ring (bicyclic) bond motifs is 2. The van der Waals surface area contributed by atoms with Crippen LogP contribution in [0.5, 0.6) is 5.75 Å². The van der Waals surface area contributed by atoms with Crippen molar-refractivity contribution in [2.24, 2.45) is 5.92 Å². The molecule has 4 aromatic rings. The summed E-state index contributed by atoms with van der Waals surface area (Å²) in [6.07, 6.45) is -2.88. The van der Waals surface area contributed by atoms with Gasteiger partial charge in [0, 0.05) is 22.7 Å². The fourth-order valence-electron chi connectivity index (χ4n) is 5.06. The predicted octanol–water partition coefficient (Wildman–Crippen LogP) is 5.66. The number of H-pyrrole nitrogens is 1. The molecule has 8 nitrogen and oxygen atoms in total. The van der Waals surface area contributed by atoms with Gasteiger partial charge in [-0.3, -0.25) is 14.7 Å². The summed E-state index contributed by atoms with van der Waals surface area (Å²) >= 11 is 0. The third kappa shape index (κ3) is 5.61. The van der Waals surface area contributed by atoms with Crippen LogP contribution in [-0.2, 0) is 28.7 Å². The molecule has 3 aromatic carbocycles. The van der Waals surface area contributed by atoms with Gasteiger partial charge in [-0.2, -0.15) is 18.3 Å². The standard InChI is InChI=1S/C30H30F3N5O3/c1-4-17(2)27(39)34-23-13-10-18-7-5-6-8-24(18)38(28(23)40)16-22-21-12-9-20(15-19(21)11-14-25(22)41-3)26-35-29(37-36-26)30(31,32)33/h5-9,11-12,14-15,17,23H,4,10,13,16H2,1-3H3,(H,34,39)(H,35,36,37)/t17-,23+/m1/s1. The third-order valence-electron chi connectivity index (χ3n) is 7.56. The molecule has 5 rings (SSSR count). The van der Waals surface area contributed by atoms with Crippen LogP contribution < -0.4 is 15.0 Å². The number of ether oxygens (including phenoxy) is 1. The molecule has 0 unspecified atom stereocenters. The maximum Gasteiger partial charge on any atom is 0.451 e. The van der Waals surface area contributed by atoms with Gasteiger partial charge >= 0.3 is 6.18 Å². The van der Waals surface area contributed by atoms with E-state index in [-0.39, 0.29) is 30.1 Å².